The van der Waals surface area contributed by atoms with Gasteiger partial charge in [-0.15, -0.1) is 0 Å². The average molecular weight is 237 g/mol. The number of esters is 1. The van der Waals surface area contributed by atoms with Crippen LogP contribution in [0.25, 0.3) is 0 Å². The monoisotopic (exact) mass is 237 g/mol. The third-order valence-electron chi connectivity index (χ3n) is 2.27. The van der Waals surface area contributed by atoms with Crippen LogP contribution >= 0.6 is 0 Å². The lowest BCUT2D eigenvalue weighted by atomic mass is 10.1. The molecule has 0 aromatic carbocycles. The van der Waals surface area contributed by atoms with E-state index in [2.05, 4.69) is 28.6 Å². The number of rotatable bonds is 5. The van der Waals surface area contributed by atoms with Crippen molar-refractivity contribution < 1.29 is 9.53 Å². The molecule has 0 saturated heterocycles. The standard InChI is InChI=1S/C12H19N3O2/c1-9(2)5-10-6-13-12(14-7-10)15(3)8-11(16)17-4/h6-7,9H,5,8H2,1-4H3. The molecule has 0 spiro atoms. The SMILES string of the molecule is COC(=O)CN(C)c1ncc(CC(C)C)cn1. The van der Waals surface area contributed by atoms with Crippen molar-refractivity contribution in [1.82, 2.24) is 9.97 Å². The smallest absolute Gasteiger partial charge is 0.325 e. The summed E-state index contributed by atoms with van der Waals surface area (Å²) in [7, 11) is 3.12. The molecule has 0 aliphatic carbocycles. The second-order valence-electron chi connectivity index (χ2n) is 4.42. The molecule has 94 valence electrons. The molecule has 1 aromatic rings. The fourth-order valence-electron chi connectivity index (χ4n) is 1.45. The van der Waals surface area contributed by atoms with Crippen LogP contribution in [0.5, 0.6) is 0 Å². The van der Waals surface area contributed by atoms with Crippen molar-refractivity contribution in [3.8, 4) is 0 Å². The molecule has 0 unspecified atom stereocenters. The molecule has 1 aromatic heterocycles. The van der Waals surface area contributed by atoms with Crippen molar-refractivity contribution in [3.05, 3.63) is 18.0 Å². The number of hydrogen-bond acceptors (Lipinski definition) is 5. The van der Waals surface area contributed by atoms with Gasteiger partial charge in [-0.2, -0.15) is 0 Å². The van der Waals surface area contributed by atoms with E-state index in [0.29, 0.717) is 11.9 Å². The molecule has 0 aliphatic heterocycles. The Hall–Kier alpha value is -1.65. The van der Waals surface area contributed by atoms with Gasteiger partial charge in [0.2, 0.25) is 5.95 Å². The number of nitrogens with zero attached hydrogens (tertiary/aromatic N) is 3. The van der Waals surface area contributed by atoms with E-state index < -0.39 is 0 Å². The van der Waals surface area contributed by atoms with E-state index in [1.807, 2.05) is 0 Å². The minimum Gasteiger partial charge on any atom is -0.468 e. The van der Waals surface area contributed by atoms with Gasteiger partial charge >= 0.3 is 5.97 Å². The lowest BCUT2D eigenvalue weighted by Gasteiger charge is -2.15. The highest BCUT2D eigenvalue weighted by Crippen LogP contribution is 2.09. The summed E-state index contributed by atoms with van der Waals surface area (Å²) in [4.78, 5) is 21.2. The molecule has 1 rings (SSSR count). The van der Waals surface area contributed by atoms with Gasteiger partial charge < -0.3 is 9.64 Å². The number of methoxy groups -OCH3 is 1. The third kappa shape index (κ3) is 4.38. The van der Waals surface area contributed by atoms with E-state index in [9.17, 15) is 4.79 Å². The molecule has 0 fully saturated rings. The van der Waals surface area contributed by atoms with Crippen molar-refractivity contribution in [1.29, 1.82) is 0 Å². The fraction of sp³-hybridized carbons (Fsp3) is 0.583. The van der Waals surface area contributed by atoms with Crippen molar-refractivity contribution >= 4 is 11.9 Å². The Morgan fingerprint density at radius 3 is 2.47 bits per heavy atom. The number of aromatic nitrogens is 2. The Bertz CT molecular complexity index is 363. The van der Waals surface area contributed by atoms with Gasteiger partial charge in [0.05, 0.1) is 7.11 Å². The van der Waals surface area contributed by atoms with Crippen LogP contribution in [0, 0.1) is 5.92 Å². The maximum atomic E-state index is 11.1. The Morgan fingerprint density at radius 2 is 2.00 bits per heavy atom. The van der Waals surface area contributed by atoms with E-state index >= 15 is 0 Å². The highest BCUT2D eigenvalue weighted by Gasteiger charge is 2.09. The third-order valence-corrected chi connectivity index (χ3v) is 2.27. The van der Waals surface area contributed by atoms with Gasteiger partial charge in [0.1, 0.15) is 6.54 Å². The number of ether oxygens (including phenoxy) is 1. The Labute approximate surface area is 102 Å². The van der Waals surface area contributed by atoms with Crippen LogP contribution in [0.4, 0.5) is 5.95 Å². The molecule has 0 atom stereocenters. The van der Waals surface area contributed by atoms with Crippen LogP contribution in [-0.4, -0.2) is 36.6 Å². The summed E-state index contributed by atoms with van der Waals surface area (Å²) in [6, 6.07) is 0. The normalized spacial score (nSPS) is 10.4. The maximum Gasteiger partial charge on any atom is 0.325 e. The molecular formula is C12H19N3O2. The highest BCUT2D eigenvalue weighted by molar-refractivity contribution is 5.74. The zero-order valence-electron chi connectivity index (χ0n) is 10.8. The summed E-state index contributed by atoms with van der Waals surface area (Å²) in [5, 5.41) is 0. The molecule has 0 N–H and O–H groups in total. The number of likely N-dealkylation sites (N-methyl/N-ethyl adjacent to an activating group) is 1. The van der Waals surface area contributed by atoms with Crippen LogP contribution in [-0.2, 0) is 16.0 Å². The van der Waals surface area contributed by atoms with Gasteiger partial charge in [0, 0.05) is 19.4 Å². The zero-order valence-corrected chi connectivity index (χ0v) is 10.8. The summed E-state index contributed by atoms with van der Waals surface area (Å²) in [5.74, 6) is 0.808. The number of hydrogen-bond donors (Lipinski definition) is 0. The quantitative estimate of drug-likeness (QED) is 0.722. The van der Waals surface area contributed by atoms with Gasteiger partial charge in [-0.1, -0.05) is 13.8 Å². The molecule has 5 heteroatoms. The van der Waals surface area contributed by atoms with Crippen LogP contribution < -0.4 is 4.90 Å². The molecule has 0 radical (unpaired) electrons. The van der Waals surface area contributed by atoms with Gasteiger partial charge in [0.25, 0.3) is 0 Å². The summed E-state index contributed by atoms with van der Waals surface area (Å²) in [6.07, 6.45) is 4.56. The first-order valence-corrected chi connectivity index (χ1v) is 5.61. The van der Waals surface area contributed by atoms with Crippen LogP contribution in [0.2, 0.25) is 0 Å². The van der Waals surface area contributed by atoms with E-state index in [0.717, 1.165) is 12.0 Å². The first-order chi connectivity index (χ1) is 8.02. The summed E-state index contributed by atoms with van der Waals surface area (Å²) >= 11 is 0. The number of anilines is 1. The molecule has 0 aliphatic rings. The largest absolute Gasteiger partial charge is 0.468 e. The number of carbonyl (C=O) groups is 1. The molecule has 17 heavy (non-hydrogen) atoms. The molecule has 0 saturated carbocycles. The fourth-order valence-corrected chi connectivity index (χ4v) is 1.45. The molecule has 1 heterocycles. The minimum atomic E-state index is -0.303. The van der Waals surface area contributed by atoms with Gasteiger partial charge in [0.15, 0.2) is 0 Å². The van der Waals surface area contributed by atoms with Crippen molar-refractivity contribution in [2.45, 2.75) is 20.3 Å². The van der Waals surface area contributed by atoms with Crippen LogP contribution in [0.3, 0.4) is 0 Å². The molecule has 0 bridgehead atoms. The van der Waals surface area contributed by atoms with Crippen molar-refractivity contribution in [2.24, 2.45) is 5.92 Å². The first-order valence-electron chi connectivity index (χ1n) is 5.61. The van der Waals surface area contributed by atoms with Crippen LogP contribution in [0.1, 0.15) is 19.4 Å². The van der Waals surface area contributed by atoms with Crippen molar-refractivity contribution in [3.63, 3.8) is 0 Å². The molecule has 0 amide bonds. The second kappa shape index (κ2) is 6.18. The lowest BCUT2D eigenvalue weighted by Crippen LogP contribution is -2.27. The van der Waals surface area contributed by atoms with Crippen molar-refractivity contribution in [2.75, 3.05) is 25.6 Å². The molecular weight excluding hydrogens is 218 g/mol. The van der Waals surface area contributed by atoms with E-state index in [1.165, 1.54) is 7.11 Å². The van der Waals surface area contributed by atoms with E-state index in [4.69, 9.17) is 0 Å². The average Bonchev–Trinajstić information content (AvgIpc) is 2.28. The van der Waals surface area contributed by atoms with E-state index in [-0.39, 0.29) is 12.5 Å². The number of carbonyl (C=O) groups excluding carboxylic acids is 1. The Balaban J connectivity index is 2.63. The maximum absolute atomic E-state index is 11.1. The topological polar surface area (TPSA) is 55.3 Å². The highest BCUT2D eigenvalue weighted by atomic mass is 16.5. The van der Waals surface area contributed by atoms with Gasteiger partial charge in [-0.3, -0.25) is 4.79 Å². The first kappa shape index (κ1) is 13.4. The summed E-state index contributed by atoms with van der Waals surface area (Å²) < 4.78 is 4.58. The predicted octanol–water partition coefficient (Wildman–Crippen LogP) is 1.28. The second-order valence-corrected chi connectivity index (χ2v) is 4.42. The Morgan fingerprint density at radius 1 is 1.41 bits per heavy atom. The minimum absolute atomic E-state index is 0.153. The predicted molar refractivity (Wildman–Crippen MR) is 65.9 cm³/mol. The molecule has 5 nitrogen and oxygen atoms in total. The van der Waals surface area contributed by atoms with E-state index in [1.54, 1.807) is 24.3 Å². The van der Waals surface area contributed by atoms with Gasteiger partial charge in [-0.25, -0.2) is 9.97 Å². The lowest BCUT2D eigenvalue weighted by molar-refractivity contribution is -0.138. The summed E-state index contributed by atoms with van der Waals surface area (Å²) in [6.45, 7) is 4.45. The summed E-state index contributed by atoms with van der Waals surface area (Å²) in [5.41, 5.74) is 1.11. The Kier molecular flexibility index (Phi) is 4.87. The van der Waals surface area contributed by atoms with Gasteiger partial charge in [-0.05, 0) is 17.9 Å². The zero-order chi connectivity index (χ0) is 12.8. The van der Waals surface area contributed by atoms with Crippen LogP contribution in [0.15, 0.2) is 12.4 Å².